The lowest BCUT2D eigenvalue weighted by Crippen LogP contribution is -2.10. The summed E-state index contributed by atoms with van der Waals surface area (Å²) in [5.41, 5.74) is 1.64. The third-order valence-corrected chi connectivity index (χ3v) is 3.16. The number of halogens is 1. The summed E-state index contributed by atoms with van der Waals surface area (Å²) in [5, 5.41) is 11.9. The van der Waals surface area contributed by atoms with Crippen LogP contribution in [0.25, 0.3) is 0 Å². The second kappa shape index (κ2) is 6.76. The van der Waals surface area contributed by atoms with E-state index >= 15 is 0 Å². The Morgan fingerprint density at radius 1 is 1.29 bits per heavy atom. The lowest BCUT2D eigenvalue weighted by Gasteiger charge is -2.19. The molecule has 0 bridgehead atoms. The Morgan fingerprint density at radius 2 is 2.05 bits per heavy atom. The zero-order chi connectivity index (χ0) is 15.2. The first kappa shape index (κ1) is 14.9. The normalized spacial score (nSPS) is 11.5. The van der Waals surface area contributed by atoms with Crippen molar-refractivity contribution in [2.45, 2.75) is 19.9 Å². The van der Waals surface area contributed by atoms with Crippen LogP contribution >= 0.6 is 0 Å². The lowest BCUT2D eigenvalue weighted by atomic mass is 10.1. The van der Waals surface area contributed by atoms with Crippen LogP contribution in [0.5, 0.6) is 5.75 Å². The molecule has 21 heavy (non-hydrogen) atoms. The summed E-state index contributed by atoms with van der Waals surface area (Å²) >= 11 is 0. The number of anilines is 1. The highest BCUT2D eigenvalue weighted by molar-refractivity contribution is 5.51. The molecule has 1 N–H and O–H groups in total. The number of nitriles is 1. The van der Waals surface area contributed by atoms with Gasteiger partial charge in [-0.1, -0.05) is 18.2 Å². The van der Waals surface area contributed by atoms with Gasteiger partial charge in [0.25, 0.3) is 0 Å². The zero-order valence-corrected chi connectivity index (χ0v) is 12.1. The molecule has 0 aliphatic carbocycles. The Kier molecular flexibility index (Phi) is 4.78. The molecule has 3 nitrogen and oxygen atoms in total. The van der Waals surface area contributed by atoms with Gasteiger partial charge in [-0.15, -0.1) is 0 Å². The molecule has 1 unspecified atom stereocenters. The number of hydrogen-bond acceptors (Lipinski definition) is 3. The van der Waals surface area contributed by atoms with Crippen molar-refractivity contribution in [1.29, 1.82) is 5.26 Å². The molecule has 0 saturated heterocycles. The van der Waals surface area contributed by atoms with Crippen LogP contribution in [0.1, 0.15) is 31.0 Å². The third kappa shape index (κ3) is 3.51. The fraction of sp³-hybridized carbons (Fsp3) is 0.235. The summed E-state index contributed by atoms with van der Waals surface area (Å²) in [6, 6.07) is 13.9. The highest BCUT2D eigenvalue weighted by Crippen LogP contribution is 2.28. The molecule has 0 aliphatic heterocycles. The molecule has 2 aromatic rings. The summed E-state index contributed by atoms with van der Waals surface area (Å²) in [7, 11) is 0. The summed E-state index contributed by atoms with van der Waals surface area (Å²) in [6.07, 6.45) is 0. The molecule has 0 amide bonds. The number of para-hydroxylation sites is 1. The molecule has 0 radical (unpaired) electrons. The number of benzene rings is 2. The van der Waals surface area contributed by atoms with Gasteiger partial charge in [0.1, 0.15) is 11.6 Å². The largest absolute Gasteiger partial charge is 0.494 e. The quantitative estimate of drug-likeness (QED) is 0.891. The fourth-order valence-corrected chi connectivity index (χ4v) is 2.14. The Balaban J connectivity index is 2.22. The molecule has 2 rings (SSSR count). The van der Waals surface area contributed by atoms with E-state index in [1.165, 1.54) is 6.07 Å². The van der Waals surface area contributed by atoms with Crippen molar-refractivity contribution >= 4 is 5.69 Å². The van der Waals surface area contributed by atoms with Gasteiger partial charge in [-0.25, -0.2) is 4.39 Å². The second-order valence-electron chi connectivity index (χ2n) is 4.64. The van der Waals surface area contributed by atoms with Crippen LogP contribution in [-0.2, 0) is 0 Å². The van der Waals surface area contributed by atoms with E-state index in [1.807, 2.05) is 44.2 Å². The minimum atomic E-state index is -0.435. The van der Waals surface area contributed by atoms with E-state index in [2.05, 4.69) is 5.32 Å². The van der Waals surface area contributed by atoms with Crippen LogP contribution in [0.2, 0.25) is 0 Å². The molecule has 2 aromatic carbocycles. The number of nitrogens with zero attached hydrogens (tertiary/aromatic N) is 1. The van der Waals surface area contributed by atoms with Gasteiger partial charge in [0.15, 0.2) is 0 Å². The molecule has 0 aromatic heterocycles. The standard InChI is InChI=1S/C17H17FN2O/c1-3-21-17-7-5-4-6-14(17)12(2)20-16-9-8-13(11-19)10-15(16)18/h4-10,12,20H,3H2,1-2H3. The minimum Gasteiger partial charge on any atom is -0.494 e. The SMILES string of the molecule is CCOc1ccccc1C(C)Nc1ccc(C#N)cc1F. The fourth-order valence-electron chi connectivity index (χ4n) is 2.14. The van der Waals surface area contributed by atoms with Crippen molar-refractivity contribution in [3.8, 4) is 11.8 Å². The van der Waals surface area contributed by atoms with Crippen LogP contribution < -0.4 is 10.1 Å². The van der Waals surface area contributed by atoms with Gasteiger partial charge in [0, 0.05) is 5.56 Å². The van der Waals surface area contributed by atoms with Crippen molar-refractivity contribution in [2.24, 2.45) is 0 Å². The van der Waals surface area contributed by atoms with E-state index in [1.54, 1.807) is 12.1 Å². The number of hydrogen-bond donors (Lipinski definition) is 1. The monoisotopic (exact) mass is 284 g/mol. The van der Waals surface area contributed by atoms with E-state index in [4.69, 9.17) is 10.00 Å². The first-order valence-electron chi connectivity index (χ1n) is 6.83. The average Bonchev–Trinajstić information content (AvgIpc) is 2.50. The van der Waals surface area contributed by atoms with Crippen LogP contribution in [0, 0.1) is 17.1 Å². The smallest absolute Gasteiger partial charge is 0.147 e. The van der Waals surface area contributed by atoms with Gasteiger partial charge >= 0.3 is 0 Å². The topological polar surface area (TPSA) is 45.0 Å². The van der Waals surface area contributed by atoms with Crippen molar-refractivity contribution in [3.63, 3.8) is 0 Å². The van der Waals surface area contributed by atoms with Crippen LogP contribution in [0.4, 0.5) is 10.1 Å². The number of ether oxygens (including phenoxy) is 1. The zero-order valence-electron chi connectivity index (χ0n) is 12.1. The summed E-state index contributed by atoms with van der Waals surface area (Å²) in [6.45, 7) is 4.44. The Labute approximate surface area is 124 Å². The molecule has 108 valence electrons. The predicted molar refractivity (Wildman–Crippen MR) is 80.8 cm³/mol. The highest BCUT2D eigenvalue weighted by atomic mass is 19.1. The van der Waals surface area contributed by atoms with Crippen LogP contribution in [0.15, 0.2) is 42.5 Å². The maximum atomic E-state index is 13.9. The molecular formula is C17H17FN2O. The van der Waals surface area contributed by atoms with Crippen molar-refractivity contribution in [3.05, 3.63) is 59.4 Å². The summed E-state index contributed by atoms with van der Waals surface area (Å²) in [5.74, 6) is 0.351. The minimum absolute atomic E-state index is 0.116. The van der Waals surface area contributed by atoms with Gasteiger partial charge < -0.3 is 10.1 Å². The Morgan fingerprint density at radius 3 is 2.71 bits per heavy atom. The van der Waals surface area contributed by atoms with E-state index < -0.39 is 5.82 Å². The molecule has 0 aliphatic rings. The molecule has 4 heteroatoms. The van der Waals surface area contributed by atoms with Gasteiger partial charge in [-0.05, 0) is 38.1 Å². The van der Waals surface area contributed by atoms with Crippen molar-refractivity contribution < 1.29 is 9.13 Å². The molecular weight excluding hydrogens is 267 g/mol. The van der Waals surface area contributed by atoms with Gasteiger partial charge in [0.2, 0.25) is 0 Å². The first-order chi connectivity index (χ1) is 10.2. The van der Waals surface area contributed by atoms with Crippen molar-refractivity contribution in [2.75, 3.05) is 11.9 Å². The second-order valence-corrected chi connectivity index (χ2v) is 4.64. The highest BCUT2D eigenvalue weighted by Gasteiger charge is 2.13. The van der Waals surface area contributed by atoms with E-state index in [9.17, 15) is 4.39 Å². The summed E-state index contributed by atoms with van der Waals surface area (Å²) < 4.78 is 19.5. The maximum absolute atomic E-state index is 13.9. The molecule has 0 saturated carbocycles. The Bertz CT molecular complexity index is 664. The molecule has 1 atom stereocenters. The average molecular weight is 284 g/mol. The van der Waals surface area contributed by atoms with Crippen LogP contribution in [0.3, 0.4) is 0 Å². The molecule has 0 spiro atoms. The van der Waals surface area contributed by atoms with E-state index in [0.717, 1.165) is 11.3 Å². The summed E-state index contributed by atoms with van der Waals surface area (Å²) in [4.78, 5) is 0. The van der Waals surface area contributed by atoms with Gasteiger partial charge in [-0.3, -0.25) is 0 Å². The molecule has 0 heterocycles. The molecule has 0 fully saturated rings. The predicted octanol–water partition coefficient (Wildman–Crippen LogP) is 4.27. The number of rotatable bonds is 5. The van der Waals surface area contributed by atoms with E-state index in [-0.39, 0.29) is 6.04 Å². The van der Waals surface area contributed by atoms with Crippen LogP contribution in [-0.4, -0.2) is 6.61 Å². The third-order valence-electron chi connectivity index (χ3n) is 3.16. The lowest BCUT2D eigenvalue weighted by molar-refractivity contribution is 0.335. The maximum Gasteiger partial charge on any atom is 0.147 e. The Hall–Kier alpha value is -2.54. The van der Waals surface area contributed by atoms with Gasteiger partial charge in [-0.2, -0.15) is 5.26 Å². The van der Waals surface area contributed by atoms with Gasteiger partial charge in [0.05, 0.1) is 30.0 Å². The first-order valence-corrected chi connectivity index (χ1v) is 6.83. The van der Waals surface area contributed by atoms with Crippen molar-refractivity contribution in [1.82, 2.24) is 0 Å². The number of nitrogens with one attached hydrogen (secondary N) is 1. The van der Waals surface area contributed by atoms with E-state index in [0.29, 0.717) is 17.9 Å².